The van der Waals surface area contributed by atoms with Gasteiger partial charge in [0.05, 0.1) is 23.9 Å². The van der Waals surface area contributed by atoms with E-state index in [4.69, 9.17) is 35.7 Å². The molecule has 2 heterocycles. The number of esters is 2. The maximum atomic E-state index is 16.1. The van der Waals surface area contributed by atoms with Crippen molar-refractivity contribution in [3.8, 4) is 0 Å². The van der Waals surface area contributed by atoms with E-state index in [2.05, 4.69) is 5.32 Å². The van der Waals surface area contributed by atoms with E-state index in [0.717, 1.165) is 24.6 Å². The molecule has 0 bridgehead atoms. The molecular weight excluding hydrogens is 771 g/mol. The summed E-state index contributed by atoms with van der Waals surface area (Å²) in [6, 6.07) is 2.22. The number of hydrogen-bond acceptors (Lipinski definition) is 13. The number of ketones is 2. The van der Waals surface area contributed by atoms with Gasteiger partial charge in [0.25, 0.3) is 0 Å². The van der Waals surface area contributed by atoms with Gasteiger partial charge in [-0.15, -0.1) is 0 Å². The summed E-state index contributed by atoms with van der Waals surface area (Å²) in [6.45, 7) is 9.48. The zero-order valence-electron chi connectivity index (χ0n) is 33.9. The fourth-order valence-corrected chi connectivity index (χ4v) is 8.32. The molecule has 19 heteroatoms. The third-order valence-corrected chi connectivity index (χ3v) is 12.3. The lowest BCUT2D eigenvalue weighted by Gasteiger charge is -2.59. The van der Waals surface area contributed by atoms with Crippen molar-refractivity contribution < 1.29 is 65.1 Å². The number of fused-ring (bicyclic) bond motifs is 1. The van der Waals surface area contributed by atoms with E-state index in [1.807, 2.05) is 6.92 Å². The van der Waals surface area contributed by atoms with E-state index in [1.165, 1.54) is 60.6 Å². The summed E-state index contributed by atoms with van der Waals surface area (Å²) in [5.74, 6) is -3.39. The highest BCUT2D eigenvalue weighted by atomic mass is 31.2. The number of quaternary nitrogens is 1. The fraction of sp³-hybridized carbons (Fsp3) is 0.632. The summed E-state index contributed by atoms with van der Waals surface area (Å²) in [5.41, 5.74) is 7.68. The van der Waals surface area contributed by atoms with Crippen molar-refractivity contribution in [2.24, 2.45) is 28.0 Å². The Kier molecular flexibility index (Phi) is 14.6. The maximum Gasteiger partial charge on any atom is 0.410 e. The van der Waals surface area contributed by atoms with Gasteiger partial charge in [0, 0.05) is 18.4 Å². The molecule has 7 N–H and O–H groups in total. The summed E-state index contributed by atoms with van der Waals surface area (Å²) in [4.78, 5) is 78.3. The molecule has 3 rings (SSSR count). The number of ether oxygens (including phenoxy) is 2. The van der Waals surface area contributed by atoms with Gasteiger partial charge >= 0.3 is 37.1 Å². The molecule has 1 aromatic carbocycles. The molecule has 57 heavy (non-hydrogen) atoms. The average molecular weight is 829 g/mol. The number of alkyl halides is 2. The van der Waals surface area contributed by atoms with Crippen LogP contribution in [0, 0.1) is 10.8 Å². The number of nitrogens with one attached hydrogen (secondary N) is 1. The number of urea groups is 1. The monoisotopic (exact) mass is 828 g/mol. The van der Waals surface area contributed by atoms with Gasteiger partial charge in [-0.3, -0.25) is 32.8 Å². The molecule has 0 saturated carbocycles. The molecule has 318 valence electrons. The molecule has 2 fully saturated rings. The number of halogens is 2. The number of Topliss-reactive ketones (excluding diaryl/α,β-unsaturated/α-hetero) is 1. The van der Waals surface area contributed by atoms with Gasteiger partial charge in [0.1, 0.15) is 6.04 Å². The molecule has 4 atom stereocenters. The van der Waals surface area contributed by atoms with Crippen molar-refractivity contribution in [1.29, 1.82) is 0 Å². The smallest absolute Gasteiger partial charge is 0.410 e. The minimum Gasteiger partial charge on any atom is -0.438 e. The summed E-state index contributed by atoms with van der Waals surface area (Å²) in [7, 11) is -5.60. The van der Waals surface area contributed by atoms with E-state index >= 15 is 8.78 Å². The van der Waals surface area contributed by atoms with Gasteiger partial charge < -0.3 is 32.0 Å². The van der Waals surface area contributed by atoms with Gasteiger partial charge in [-0.25, -0.2) is 14.1 Å². The Morgan fingerprint density at radius 1 is 0.982 bits per heavy atom. The van der Waals surface area contributed by atoms with Crippen molar-refractivity contribution in [2.45, 2.75) is 110 Å². The van der Waals surface area contributed by atoms with Gasteiger partial charge in [-0.05, 0) is 72.1 Å². The first-order valence-electron chi connectivity index (χ1n) is 18.6. The molecule has 2 unspecified atom stereocenters. The Morgan fingerprint density at radius 3 is 1.96 bits per heavy atom. The van der Waals surface area contributed by atoms with Crippen molar-refractivity contribution in [3.63, 3.8) is 0 Å². The van der Waals surface area contributed by atoms with Crippen LogP contribution in [0.3, 0.4) is 0 Å². The SMILES string of the molecule is CCCC[C@H](N)C(=O)[N+]12CCC[C@]1(C(N)(CNC(N)=O)C(=O)C=C(C)c1ccc(C(F)(F)P(=O)(OCOC(=O)C(C)(C)C)OCOC(=O)C(C)(C)C)cc1)C(=O)C2. The minimum absolute atomic E-state index is 0.0619. The van der Waals surface area contributed by atoms with Crippen LogP contribution in [0.1, 0.15) is 98.6 Å². The van der Waals surface area contributed by atoms with Gasteiger partial charge in [0.2, 0.25) is 19.4 Å². The number of rotatable bonds is 18. The number of nitrogens with two attached hydrogens (primary N) is 3. The van der Waals surface area contributed by atoms with Crippen LogP contribution in [0.25, 0.3) is 5.57 Å². The number of benzene rings is 1. The summed E-state index contributed by atoms with van der Waals surface area (Å²) >= 11 is 0. The van der Waals surface area contributed by atoms with Crippen LogP contribution in [-0.4, -0.2) is 90.3 Å². The lowest BCUT2D eigenvalue weighted by atomic mass is 9.63. The summed E-state index contributed by atoms with van der Waals surface area (Å²) in [6.07, 6.45) is 3.32. The van der Waals surface area contributed by atoms with E-state index in [0.29, 0.717) is 19.3 Å². The number of hydrogen-bond donors (Lipinski definition) is 4. The second-order valence-electron chi connectivity index (χ2n) is 16.7. The van der Waals surface area contributed by atoms with Gasteiger partial charge in [-0.2, -0.15) is 8.78 Å². The predicted molar refractivity (Wildman–Crippen MR) is 204 cm³/mol. The Morgan fingerprint density at radius 2 is 1.51 bits per heavy atom. The topological polar surface area (TPSA) is 246 Å². The Hall–Kier alpha value is -3.93. The number of primary amides is 1. The molecule has 0 radical (unpaired) electrons. The largest absolute Gasteiger partial charge is 0.438 e. The van der Waals surface area contributed by atoms with E-state index < -0.39 is 107 Å². The standard InChI is InChI=1S/C38H56F2N5O11P/c1-9-10-12-27(41)30(48)45-18-11-17-37(45,29(47)20-45)36(43,21-44-33(42)51)28(46)19-24(2)25-13-15-26(16-14-25)38(39,40)57(52,55-22-53-31(49)34(3,4)5)56-23-54-32(50)35(6,7)8/h13-16,19,27H,9-12,17-18,20-23,41,43H2,1-8H3,(H2-,42,44,51)/p+1/t27-,36?,37+,45?/m0/s1. The van der Waals surface area contributed by atoms with Crippen molar-refractivity contribution in [3.05, 3.63) is 41.5 Å². The molecule has 0 aromatic heterocycles. The van der Waals surface area contributed by atoms with Crippen molar-refractivity contribution in [1.82, 2.24) is 5.32 Å². The molecule has 16 nitrogen and oxygen atoms in total. The lowest BCUT2D eigenvalue weighted by Crippen LogP contribution is -2.92. The number of carbonyl (C=O) groups excluding carboxylic acids is 6. The maximum absolute atomic E-state index is 16.1. The van der Waals surface area contributed by atoms with Crippen LogP contribution >= 0.6 is 7.60 Å². The fourth-order valence-electron chi connectivity index (χ4n) is 7.08. The zero-order valence-corrected chi connectivity index (χ0v) is 34.8. The highest BCUT2D eigenvalue weighted by Gasteiger charge is 2.81. The number of amides is 3. The van der Waals surface area contributed by atoms with Crippen molar-refractivity contribution in [2.75, 3.05) is 33.2 Å². The third-order valence-electron chi connectivity index (χ3n) is 10.4. The highest BCUT2D eigenvalue weighted by molar-refractivity contribution is 7.54. The molecule has 3 amide bonds. The number of unbranched alkanes of at least 4 members (excludes halogenated alkanes) is 1. The average Bonchev–Trinajstić information content (AvgIpc) is 3.45. The summed E-state index contributed by atoms with van der Waals surface area (Å²) in [5, 5.41) is 2.34. The van der Waals surface area contributed by atoms with Crippen LogP contribution in [0.15, 0.2) is 30.3 Å². The second-order valence-corrected chi connectivity index (χ2v) is 18.8. The van der Waals surface area contributed by atoms with Crippen molar-refractivity contribution >= 4 is 48.6 Å². The quantitative estimate of drug-likeness (QED) is 0.0529. The zero-order chi connectivity index (χ0) is 43.4. The van der Waals surface area contributed by atoms with Crippen LogP contribution in [0.2, 0.25) is 0 Å². The predicted octanol–water partition coefficient (Wildman–Crippen LogP) is 4.37. The van der Waals surface area contributed by atoms with Gasteiger partial charge in [0.15, 0.2) is 23.4 Å². The first kappa shape index (κ1) is 47.4. The second kappa shape index (κ2) is 17.5. The molecule has 0 spiro atoms. The minimum atomic E-state index is -5.60. The molecule has 0 aliphatic carbocycles. The molecule has 2 aliphatic rings. The Labute approximate surface area is 331 Å². The van der Waals surface area contributed by atoms with Crippen LogP contribution in [-0.2, 0) is 52.7 Å². The first-order chi connectivity index (χ1) is 26.2. The molecule has 2 saturated heterocycles. The number of carbonyl (C=O) groups is 6. The Balaban J connectivity index is 1.98. The van der Waals surface area contributed by atoms with Gasteiger partial charge in [-0.1, -0.05) is 44.0 Å². The molecular formula is C38H57F2N5O11P+. The third kappa shape index (κ3) is 9.36. The number of allylic oxidation sites excluding steroid dienone is 1. The molecule has 1 aromatic rings. The highest BCUT2D eigenvalue weighted by Crippen LogP contribution is 2.67. The van der Waals surface area contributed by atoms with E-state index in [1.54, 1.807) is 0 Å². The number of nitrogens with zero attached hydrogens (tertiary/aromatic N) is 1. The van der Waals surface area contributed by atoms with Crippen LogP contribution < -0.4 is 22.5 Å². The summed E-state index contributed by atoms with van der Waals surface area (Å²) < 4.78 is 65.1. The van der Waals surface area contributed by atoms with E-state index in [9.17, 15) is 33.3 Å². The lowest BCUT2D eigenvalue weighted by molar-refractivity contribution is -0.905. The molecule has 2 aliphatic heterocycles. The van der Waals surface area contributed by atoms with Crippen LogP contribution in [0.4, 0.5) is 13.6 Å². The normalized spacial score (nSPS) is 21.8. The Bertz CT molecular complexity index is 1770. The first-order valence-corrected chi connectivity index (χ1v) is 20.2. The van der Waals surface area contributed by atoms with Crippen LogP contribution in [0.5, 0.6) is 0 Å². The van der Waals surface area contributed by atoms with E-state index in [-0.39, 0.29) is 30.6 Å².